The van der Waals surface area contributed by atoms with Crippen molar-refractivity contribution < 1.29 is 18.9 Å². The van der Waals surface area contributed by atoms with Crippen LogP contribution < -0.4 is 28.7 Å². The van der Waals surface area contributed by atoms with Crippen molar-refractivity contribution in [2.75, 3.05) is 38.2 Å². The lowest BCUT2D eigenvalue weighted by molar-refractivity contribution is 0.414. The normalized spacial score (nSPS) is 11.1. The van der Waals surface area contributed by atoms with Gasteiger partial charge in [0.15, 0.2) is 0 Å². The van der Waals surface area contributed by atoms with E-state index in [9.17, 15) is 0 Å². The van der Waals surface area contributed by atoms with E-state index in [1.165, 1.54) is 32.9 Å². The zero-order valence-corrected chi connectivity index (χ0v) is 36.4. The van der Waals surface area contributed by atoms with Crippen LogP contribution in [0.25, 0.3) is 44.1 Å². The van der Waals surface area contributed by atoms with Crippen LogP contribution in [-0.2, 0) is 6.54 Å². The minimum atomic E-state index is 0.818. The maximum atomic E-state index is 5.47. The average Bonchev–Trinajstić information content (AvgIpc) is 3.66. The van der Waals surface area contributed by atoms with Gasteiger partial charge in [-0.15, -0.1) is 0 Å². The van der Waals surface area contributed by atoms with Crippen LogP contribution in [0, 0.1) is 0 Å². The van der Waals surface area contributed by atoms with Crippen molar-refractivity contribution in [2.24, 2.45) is 0 Å². The van der Waals surface area contributed by atoms with Gasteiger partial charge in [-0.2, -0.15) is 0 Å². The summed E-state index contributed by atoms with van der Waals surface area (Å²) < 4.78 is 24.4. The second-order valence-corrected chi connectivity index (χ2v) is 15.5. The molecule has 7 heteroatoms. The number of aryl methyl sites for hydroxylation is 1. The second kappa shape index (κ2) is 18.1. The molecule has 9 rings (SSSR count). The van der Waals surface area contributed by atoms with E-state index in [1.807, 2.05) is 48.5 Å². The molecule has 63 heavy (non-hydrogen) atoms. The van der Waals surface area contributed by atoms with E-state index < -0.39 is 0 Å². The number of aromatic nitrogens is 1. The second-order valence-electron chi connectivity index (χ2n) is 15.5. The van der Waals surface area contributed by atoms with Gasteiger partial charge in [-0.25, -0.2) is 0 Å². The molecule has 8 aromatic carbocycles. The summed E-state index contributed by atoms with van der Waals surface area (Å²) in [5.74, 6) is 3.27. The first-order valence-corrected chi connectivity index (χ1v) is 21.4. The third-order valence-electron chi connectivity index (χ3n) is 11.8. The number of ether oxygens (including phenoxy) is 4. The van der Waals surface area contributed by atoms with Gasteiger partial charge in [-0.1, -0.05) is 49.7 Å². The van der Waals surface area contributed by atoms with Crippen LogP contribution in [0.2, 0.25) is 0 Å². The summed E-state index contributed by atoms with van der Waals surface area (Å²) in [6, 6.07) is 64.2. The Bertz CT molecular complexity index is 2650. The van der Waals surface area contributed by atoms with Gasteiger partial charge in [0.2, 0.25) is 0 Å². The van der Waals surface area contributed by atoms with Crippen molar-refractivity contribution in [2.45, 2.75) is 26.3 Å². The van der Waals surface area contributed by atoms with Crippen molar-refractivity contribution in [3.63, 3.8) is 0 Å². The highest BCUT2D eigenvalue weighted by molar-refractivity contribution is 6.10. The van der Waals surface area contributed by atoms with Gasteiger partial charge >= 0.3 is 0 Å². The Morgan fingerprint density at radius 1 is 0.349 bits per heavy atom. The molecule has 0 aliphatic heterocycles. The molecular formula is C56H51N3O4. The predicted molar refractivity (Wildman–Crippen MR) is 261 cm³/mol. The monoisotopic (exact) mass is 829 g/mol. The molecule has 0 saturated heterocycles. The van der Waals surface area contributed by atoms with Gasteiger partial charge in [0, 0.05) is 62.5 Å². The first kappa shape index (κ1) is 40.7. The molecule has 314 valence electrons. The van der Waals surface area contributed by atoms with E-state index in [0.29, 0.717) is 0 Å². The number of methoxy groups -OCH3 is 4. The fourth-order valence-corrected chi connectivity index (χ4v) is 8.45. The molecule has 7 nitrogen and oxygen atoms in total. The number of nitrogens with zero attached hydrogens (tertiary/aromatic N) is 3. The number of hydrogen-bond donors (Lipinski definition) is 0. The Labute approximate surface area is 369 Å². The molecule has 0 N–H and O–H groups in total. The molecule has 0 unspecified atom stereocenters. The topological polar surface area (TPSA) is 48.3 Å². The van der Waals surface area contributed by atoms with E-state index in [1.54, 1.807) is 28.4 Å². The van der Waals surface area contributed by atoms with Crippen molar-refractivity contribution in [3.8, 4) is 45.3 Å². The SMILES string of the molecule is CCCCn1c2ccc(-c3ccc(N(c4ccc(OC)cc4)c4ccc(OC)cc4)cc3)cc2c2cc(-c3ccc(N(c4ccc(OC)cc4)c4ccc(OC)cc4)cc3)ccc21. The summed E-state index contributed by atoms with van der Waals surface area (Å²) in [7, 11) is 6.76. The zero-order valence-electron chi connectivity index (χ0n) is 36.4. The number of benzene rings is 8. The van der Waals surface area contributed by atoms with Gasteiger partial charge in [0.1, 0.15) is 23.0 Å². The first-order chi connectivity index (χ1) is 31.0. The smallest absolute Gasteiger partial charge is 0.119 e. The average molecular weight is 830 g/mol. The summed E-state index contributed by atoms with van der Waals surface area (Å²) in [6.45, 7) is 3.23. The Morgan fingerprint density at radius 3 is 0.889 bits per heavy atom. The largest absolute Gasteiger partial charge is 0.497 e. The van der Waals surface area contributed by atoms with E-state index >= 15 is 0 Å². The molecule has 0 saturated carbocycles. The molecule has 0 aliphatic rings. The molecule has 0 spiro atoms. The molecular weight excluding hydrogens is 779 g/mol. The van der Waals surface area contributed by atoms with Crippen molar-refractivity contribution >= 4 is 55.9 Å². The van der Waals surface area contributed by atoms with E-state index in [4.69, 9.17) is 18.9 Å². The van der Waals surface area contributed by atoms with E-state index in [2.05, 4.69) is 155 Å². The molecule has 0 amide bonds. The Balaban J connectivity index is 1.07. The standard InChI is InChI=1S/C56H51N3O4/c1-6-7-36-57-55-34-12-41(39-8-14-43(15-9-39)58(45-18-26-49(60-2)27-19-45)46-20-28-50(61-3)29-21-46)37-53(55)54-38-42(13-35-56(54)57)40-10-16-44(17-11-40)59(47-22-30-51(62-4)31-23-47)48-24-32-52(63-5)33-25-48/h8-35,37-38H,6-7,36H2,1-5H3. The number of unbranched alkanes of at least 4 members (excludes halogenated alkanes) is 1. The predicted octanol–water partition coefficient (Wildman–Crippen LogP) is 14.9. The number of fused-ring (bicyclic) bond motifs is 3. The molecule has 9 aromatic rings. The lowest BCUT2D eigenvalue weighted by Gasteiger charge is -2.26. The minimum absolute atomic E-state index is 0.818. The quantitative estimate of drug-likeness (QED) is 0.103. The van der Waals surface area contributed by atoms with Crippen LogP contribution in [0.15, 0.2) is 182 Å². The lowest BCUT2D eigenvalue weighted by Crippen LogP contribution is -2.09. The highest BCUT2D eigenvalue weighted by atomic mass is 16.5. The van der Waals surface area contributed by atoms with Crippen LogP contribution in [-0.4, -0.2) is 33.0 Å². The maximum absolute atomic E-state index is 5.47. The fraction of sp³-hybridized carbons (Fsp3) is 0.143. The van der Waals surface area contributed by atoms with Crippen molar-refractivity contribution in [3.05, 3.63) is 182 Å². The number of hydrogen-bond acceptors (Lipinski definition) is 6. The fourth-order valence-electron chi connectivity index (χ4n) is 8.45. The van der Waals surface area contributed by atoms with Crippen LogP contribution >= 0.6 is 0 Å². The molecule has 0 aliphatic carbocycles. The molecule has 0 radical (unpaired) electrons. The van der Waals surface area contributed by atoms with Gasteiger partial charge in [-0.3, -0.25) is 0 Å². The van der Waals surface area contributed by atoms with Gasteiger partial charge in [-0.05, 0) is 174 Å². The highest BCUT2D eigenvalue weighted by Gasteiger charge is 2.17. The Kier molecular flexibility index (Phi) is 11.7. The zero-order chi connectivity index (χ0) is 43.3. The third-order valence-corrected chi connectivity index (χ3v) is 11.8. The van der Waals surface area contributed by atoms with Crippen LogP contribution in [0.5, 0.6) is 23.0 Å². The van der Waals surface area contributed by atoms with Crippen molar-refractivity contribution in [1.82, 2.24) is 4.57 Å². The third kappa shape index (κ3) is 8.26. The molecule has 1 heterocycles. The van der Waals surface area contributed by atoms with Gasteiger partial charge in [0.25, 0.3) is 0 Å². The highest BCUT2D eigenvalue weighted by Crippen LogP contribution is 2.41. The number of rotatable bonds is 15. The Hall–Kier alpha value is -7.64. The van der Waals surface area contributed by atoms with Crippen LogP contribution in [0.4, 0.5) is 34.1 Å². The Morgan fingerprint density at radius 2 is 0.619 bits per heavy atom. The van der Waals surface area contributed by atoms with E-state index in [-0.39, 0.29) is 0 Å². The maximum Gasteiger partial charge on any atom is 0.119 e. The lowest BCUT2D eigenvalue weighted by atomic mass is 9.99. The molecule has 0 fully saturated rings. The molecule has 0 bridgehead atoms. The van der Waals surface area contributed by atoms with Crippen LogP contribution in [0.3, 0.4) is 0 Å². The summed E-state index contributed by atoms with van der Waals surface area (Å²) in [4.78, 5) is 4.49. The molecule has 0 atom stereocenters. The summed E-state index contributed by atoms with van der Waals surface area (Å²) in [6.07, 6.45) is 2.24. The summed E-state index contributed by atoms with van der Waals surface area (Å²) in [5.41, 5.74) is 13.4. The van der Waals surface area contributed by atoms with Gasteiger partial charge < -0.3 is 33.3 Å². The first-order valence-electron chi connectivity index (χ1n) is 21.4. The minimum Gasteiger partial charge on any atom is -0.497 e. The van der Waals surface area contributed by atoms with E-state index in [0.717, 1.165) is 87.6 Å². The number of anilines is 6. The summed E-state index contributed by atoms with van der Waals surface area (Å²) in [5, 5.41) is 2.51. The molecule has 1 aromatic heterocycles. The van der Waals surface area contributed by atoms with Crippen molar-refractivity contribution in [1.29, 1.82) is 0 Å². The summed E-state index contributed by atoms with van der Waals surface area (Å²) >= 11 is 0. The van der Waals surface area contributed by atoms with Gasteiger partial charge in [0.05, 0.1) is 28.4 Å². The van der Waals surface area contributed by atoms with Crippen LogP contribution in [0.1, 0.15) is 19.8 Å².